The molecule has 3 aliphatic rings. The summed E-state index contributed by atoms with van der Waals surface area (Å²) in [5.74, 6) is 0.721. The molecule has 2 N–H and O–H groups in total. The summed E-state index contributed by atoms with van der Waals surface area (Å²) in [4.78, 5) is 46.0. The second-order valence-electron chi connectivity index (χ2n) is 13.4. The number of phenols is 1. The van der Waals surface area contributed by atoms with Crippen molar-refractivity contribution in [2.45, 2.75) is 50.7 Å². The van der Waals surface area contributed by atoms with Crippen molar-refractivity contribution in [1.29, 1.82) is 0 Å². The Labute approximate surface area is 303 Å². The number of aromatic hydroxyl groups is 1. The van der Waals surface area contributed by atoms with E-state index in [1.165, 1.54) is 11.1 Å². The Balaban J connectivity index is 1.22. The molecule has 0 aromatic heterocycles. The summed E-state index contributed by atoms with van der Waals surface area (Å²) in [5, 5.41) is 16.2. The molecule has 11 nitrogen and oxygen atoms in total. The molecule has 52 heavy (non-hydrogen) atoms. The molecule has 2 fully saturated rings. The van der Waals surface area contributed by atoms with Crippen LogP contribution in [0.4, 0.5) is 4.79 Å². The first-order valence-corrected chi connectivity index (χ1v) is 17.6. The number of nitrogens with one attached hydrogen (secondary N) is 1. The minimum atomic E-state index is -0.912. The van der Waals surface area contributed by atoms with Gasteiger partial charge in [-0.3, -0.25) is 9.59 Å². The fraction of sp³-hybridized carbons (Fsp3) is 0.293. The van der Waals surface area contributed by atoms with Gasteiger partial charge in [0.2, 0.25) is 11.8 Å². The Morgan fingerprint density at radius 3 is 2.33 bits per heavy atom. The van der Waals surface area contributed by atoms with E-state index < -0.39 is 18.2 Å². The predicted molar refractivity (Wildman–Crippen MR) is 195 cm³/mol. The number of urea groups is 1. The quantitative estimate of drug-likeness (QED) is 0.218. The molecule has 2 aliphatic heterocycles. The minimum absolute atomic E-state index is 0.0641. The van der Waals surface area contributed by atoms with Crippen LogP contribution in [0.15, 0.2) is 110 Å². The van der Waals surface area contributed by atoms with Crippen LogP contribution in [0.3, 0.4) is 0 Å². The van der Waals surface area contributed by atoms with E-state index in [-0.39, 0.29) is 62.8 Å². The smallest absolute Gasteiger partial charge is 0.334 e. The zero-order valence-electron chi connectivity index (χ0n) is 29.2. The molecule has 7 rings (SSSR count). The molecule has 1 aliphatic carbocycles. The Morgan fingerprint density at radius 2 is 1.63 bits per heavy atom. The molecule has 268 valence electrons. The lowest BCUT2D eigenvalue weighted by molar-refractivity contribution is -0.189. The van der Waals surface area contributed by atoms with Crippen molar-refractivity contribution >= 4 is 17.8 Å². The highest BCUT2D eigenvalue weighted by Gasteiger charge is 2.51. The third-order valence-corrected chi connectivity index (χ3v) is 9.97. The number of hydrogen-bond acceptors (Lipinski definition) is 7. The monoisotopic (exact) mass is 701 g/mol. The standard InChI is InChI=1S/C41H43N5O6/c1-3-20-44-27-38(48)45-35(21-28-16-18-33(47)19-17-28)40(49)43(26-37(45)46(44)41(50)42-24-29-10-5-4-6-11-29)25-32-14-9-15-36(51-2)39(32)52-34-22-30-12-7-8-13-31(30)23-34/h3-19,34-35,37,47H,1,20-27H2,2H3,(H,42,50). The van der Waals surface area contributed by atoms with Crippen LogP contribution in [-0.4, -0.2) is 87.8 Å². The number of fused-ring (bicyclic) bond motifs is 2. The molecule has 2 heterocycles. The normalized spacial score (nSPS) is 18.9. The van der Waals surface area contributed by atoms with Crippen molar-refractivity contribution < 1.29 is 29.0 Å². The number of hydrazine groups is 1. The Hall–Kier alpha value is -5.81. The minimum Gasteiger partial charge on any atom is -0.508 e. The highest BCUT2D eigenvalue weighted by Crippen LogP contribution is 2.37. The van der Waals surface area contributed by atoms with Crippen molar-refractivity contribution in [3.05, 3.63) is 138 Å². The van der Waals surface area contributed by atoms with Gasteiger partial charge in [-0.15, -0.1) is 6.58 Å². The number of ether oxygens (including phenoxy) is 2. The number of phenolic OH excluding ortho intramolecular Hbond substituents is 1. The molecule has 2 unspecified atom stereocenters. The van der Waals surface area contributed by atoms with E-state index in [1.54, 1.807) is 57.3 Å². The maximum atomic E-state index is 14.6. The van der Waals surface area contributed by atoms with E-state index in [1.807, 2.05) is 60.7 Å². The van der Waals surface area contributed by atoms with E-state index in [0.717, 1.165) is 29.5 Å². The van der Waals surface area contributed by atoms with E-state index in [2.05, 4.69) is 24.0 Å². The third kappa shape index (κ3) is 7.17. The molecule has 0 radical (unpaired) electrons. The van der Waals surface area contributed by atoms with Gasteiger partial charge >= 0.3 is 6.03 Å². The fourth-order valence-corrected chi connectivity index (χ4v) is 7.51. The first-order chi connectivity index (χ1) is 25.3. The van der Waals surface area contributed by atoms with Gasteiger partial charge in [-0.25, -0.2) is 14.8 Å². The molecule has 2 atom stereocenters. The molecule has 0 spiro atoms. The molecular weight excluding hydrogens is 658 g/mol. The van der Waals surface area contributed by atoms with Gasteiger partial charge in [0.15, 0.2) is 11.5 Å². The van der Waals surface area contributed by atoms with Gasteiger partial charge in [-0.2, -0.15) is 0 Å². The molecule has 0 bridgehead atoms. The van der Waals surface area contributed by atoms with Gasteiger partial charge in [0.05, 0.1) is 20.2 Å². The molecular formula is C41H43N5O6. The van der Waals surface area contributed by atoms with E-state index in [9.17, 15) is 19.5 Å². The van der Waals surface area contributed by atoms with E-state index >= 15 is 0 Å². The Bertz CT molecular complexity index is 1910. The van der Waals surface area contributed by atoms with Crippen LogP contribution in [0.1, 0.15) is 27.8 Å². The zero-order chi connectivity index (χ0) is 36.2. The van der Waals surface area contributed by atoms with Crippen LogP contribution < -0.4 is 14.8 Å². The second-order valence-corrected chi connectivity index (χ2v) is 13.4. The lowest BCUT2D eigenvalue weighted by Gasteiger charge is -2.55. The summed E-state index contributed by atoms with van der Waals surface area (Å²) in [6, 6.07) is 28.9. The van der Waals surface area contributed by atoms with Crippen molar-refractivity contribution in [3.63, 3.8) is 0 Å². The van der Waals surface area contributed by atoms with Crippen LogP contribution in [0.5, 0.6) is 17.2 Å². The van der Waals surface area contributed by atoms with Crippen molar-refractivity contribution in [3.8, 4) is 17.2 Å². The highest BCUT2D eigenvalue weighted by atomic mass is 16.5. The predicted octanol–water partition coefficient (Wildman–Crippen LogP) is 4.68. The summed E-state index contributed by atoms with van der Waals surface area (Å²) >= 11 is 0. The summed E-state index contributed by atoms with van der Waals surface area (Å²) < 4.78 is 12.5. The highest BCUT2D eigenvalue weighted by molar-refractivity contribution is 5.91. The SMILES string of the molecule is C=CCN1CC(=O)N2C(Cc3ccc(O)cc3)C(=O)N(Cc3cccc(OC)c3OC3Cc4ccccc4C3)CC2N1C(=O)NCc1ccccc1. The average Bonchev–Trinajstić information content (AvgIpc) is 3.57. The molecule has 4 amide bonds. The first kappa shape index (κ1) is 34.6. The van der Waals surface area contributed by atoms with Gasteiger partial charge in [-0.1, -0.05) is 84.9 Å². The zero-order valence-corrected chi connectivity index (χ0v) is 29.2. The topological polar surface area (TPSA) is 115 Å². The molecule has 4 aromatic carbocycles. The average molecular weight is 702 g/mol. The summed E-state index contributed by atoms with van der Waals surface area (Å²) in [6.07, 6.45) is 2.46. The van der Waals surface area contributed by atoms with E-state index in [0.29, 0.717) is 11.5 Å². The number of rotatable bonds is 11. The maximum Gasteiger partial charge on any atom is 0.334 e. The molecule has 0 saturated carbocycles. The number of piperazine rings is 1. The lowest BCUT2D eigenvalue weighted by Crippen LogP contribution is -2.76. The van der Waals surface area contributed by atoms with Gasteiger partial charge in [-0.05, 0) is 40.5 Å². The number of methoxy groups -OCH3 is 1. The van der Waals surface area contributed by atoms with Crippen LogP contribution in [-0.2, 0) is 41.9 Å². The number of carbonyl (C=O) groups excluding carboxylic acids is 3. The Kier molecular flexibility index (Phi) is 10.1. The number of carbonyl (C=O) groups is 3. The van der Waals surface area contributed by atoms with Crippen LogP contribution in [0, 0.1) is 0 Å². The lowest BCUT2D eigenvalue weighted by atomic mass is 9.98. The summed E-state index contributed by atoms with van der Waals surface area (Å²) in [7, 11) is 1.60. The fourth-order valence-electron chi connectivity index (χ4n) is 7.51. The second kappa shape index (κ2) is 15.2. The van der Waals surface area contributed by atoms with Gasteiger partial charge < -0.3 is 29.7 Å². The van der Waals surface area contributed by atoms with Gasteiger partial charge in [0, 0.05) is 44.5 Å². The number of para-hydroxylation sites is 1. The maximum absolute atomic E-state index is 14.6. The van der Waals surface area contributed by atoms with Crippen molar-refractivity contribution in [2.75, 3.05) is 26.7 Å². The Morgan fingerprint density at radius 1 is 0.923 bits per heavy atom. The number of benzene rings is 4. The van der Waals surface area contributed by atoms with Crippen LogP contribution in [0.25, 0.3) is 0 Å². The van der Waals surface area contributed by atoms with Gasteiger partial charge in [0.25, 0.3) is 0 Å². The van der Waals surface area contributed by atoms with Crippen LogP contribution >= 0.6 is 0 Å². The van der Waals surface area contributed by atoms with E-state index in [4.69, 9.17) is 9.47 Å². The van der Waals surface area contributed by atoms with Crippen LogP contribution in [0.2, 0.25) is 0 Å². The number of amides is 4. The molecule has 11 heteroatoms. The largest absolute Gasteiger partial charge is 0.508 e. The molecule has 4 aromatic rings. The first-order valence-electron chi connectivity index (χ1n) is 17.6. The number of hydrogen-bond donors (Lipinski definition) is 2. The number of nitrogens with zero attached hydrogens (tertiary/aromatic N) is 4. The summed E-state index contributed by atoms with van der Waals surface area (Å²) in [6.45, 7) is 4.54. The van der Waals surface area contributed by atoms with Crippen molar-refractivity contribution in [2.24, 2.45) is 0 Å². The molecule has 2 saturated heterocycles. The van der Waals surface area contributed by atoms with Gasteiger partial charge in [0.1, 0.15) is 24.1 Å². The summed E-state index contributed by atoms with van der Waals surface area (Å²) in [5.41, 5.74) is 4.96. The van der Waals surface area contributed by atoms with Crippen molar-refractivity contribution in [1.82, 2.24) is 25.1 Å². The third-order valence-electron chi connectivity index (χ3n) is 9.97.